The molecule has 0 spiro atoms. The fourth-order valence-electron chi connectivity index (χ4n) is 2.24. The van der Waals surface area contributed by atoms with Crippen LogP contribution in [-0.2, 0) is 23.1 Å². The SMILES string of the molecule is O=S(=O)(c1c(Cl)cccc1Cl)N(Cc1ccco1)Cc1cccs1. The maximum Gasteiger partial charge on any atom is 0.246 e. The Bertz CT molecular complexity index is 850. The molecule has 0 fully saturated rings. The smallest absolute Gasteiger partial charge is 0.246 e. The van der Waals surface area contributed by atoms with Crippen molar-refractivity contribution in [3.63, 3.8) is 0 Å². The third kappa shape index (κ3) is 3.68. The summed E-state index contributed by atoms with van der Waals surface area (Å²) in [5.74, 6) is 0.540. The molecule has 24 heavy (non-hydrogen) atoms. The van der Waals surface area contributed by atoms with Crippen molar-refractivity contribution in [3.05, 3.63) is 74.8 Å². The van der Waals surface area contributed by atoms with Crippen molar-refractivity contribution in [2.75, 3.05) is 0 Å². The summed E-state index contributed by atoms with van der Waals surface area (Å²) < 4.78 is 32.9. The minimum Gasteiger partial charge on any atom is -0.468 e. The average Bonchev–Trinajstić information content (AvgIpc) is 3.19. The number of halogens is 2. The molecule has 2 heterocycles. The molecule has 0 amide bonds. The van der Waals surface area contributed by atoms with Crippen LogP contribution in [0.15, 0.2) is 63.4 Å². The molecular weight excluding hydrogens is 389 g/mol. The number of furan rings is 1. The van der Waals surface area contributed by atoms with E-state index in [1.165, 1.54) is 34.0 Å². The van der Waals surface area contributed by atoms with Crippen molar-refractivity contribution in [2.45, 2.75) is 18.0 Å². The number of hydrogen-bond donors (Lipinski definition) is 0. The molecule has 0 atom stereocenters. The van der Waals surface area contributed by atoms with E-state index in [1.807, 2.05) is 17.5 Å². The van der Waals surface area contributed by atoms with Crippen LogP contribution in [0.2, 0.25) is 10.0 Å². The van der Waals surface area contributed by atoms with Gasteiger partial charge in [0.1, 0.15) is 10.7 Å². The predicted octanol–water partition coefficient (Wildman–Crippen LogP) is 5.04. The van der Waals surface area contributed by atoms with Crippen molar-refractivity contribution in [2.24, 2.45) is 0 Å². The molecule has 2 aromatic heterocycles. The first-order valence-corrected chi connectivity index (χ1v) is 10.0. The van der Waals surface area contributed by atoms with Gasteiger partial charge < -0.3 is 4.42 Å². The van der Waals surface area contributed by atoms with Crippen LogP contribution >= 0.6 is 34.5 Å². The van der Waals surface area contributed by atoms with Gasteiger partial charge in [-0.1, -0.05) is 35.3 Å². The van der Waals surface area contributed by atoms with E-state index in [-0.39, 0.29) is 28.0 Å². The van der Waals surface area contributed by atoms with Crippen molar-refractivity contribution < 1.29 is 12.8 Å². The number of benzene rings is 1. The van der Waals surface area contributed by atoms with Gasteiger partial charge in [-0.2, -0.15) is 4.31 Å². The Hall–Kier alpha value is -1.31. The zero-order chi connectivity index (χ0) is 17.2. The van der Waals surface area contributed by atoms with E-state index in [2.05, 4.69) is 0 Å². The van der Waals surface area contributed by atoms with E-state index in [4.69, 9.17) is 27.6 Å². The first-order chi connectivity index (χ1) is 11.5. The molecule has 3 aromatic rings. The maximum absolute atomic E-state index is 13.1. The van der Waals surface area contributed by atoms with Gasteiger partial charge in [0.05, 0.1) is 22.9 Å². The molecule has 0 radical (unpaired) electrons. The van der Waals surface area contributed by atoms with Gasteiger partial charge in [0.15, 0.2) is 0 Å². The molecule has 0 saturated heterocycles. The quantitative estimate of drug-likeness (QED) is 0.581. The lowest BCUT2D eigenvalue weighted by atomic mass is 10.4. The summed E-state index contributed by atoms with van der Waals surface area (Å²) in [5.41, 5.74) is 0. The van der Waals surface area contributed by atoms with E-state index < -0.39 is 10.0 Å². The lowest BCUT2D eigenvalue weighted by molar-refractivity contribution is 0.360. The summed E-state index contributed by atoms with van der Waals surface area (Å²) in [5, 5.41) is 2.09. The summed E-state index contributed by atoms with van der Waals surface area (Å²) in [6, 6.07) is 11.8. The molecule has 126 valence electrons. The van der Waals surface area contributed by atoms with Crippen molar-refractivity contribution >= 4 is 44.6 Å². The van der Waals surface area contributed by atoms with Crippen molar-refractivity contribution in [3.8, 4) is 0 Å². The zero-order valence-electron chi connectivity index (χ0n) is 12.4. The van der Waals surface area contributed by atoms with Gasteiger partial charge in [-0.15, -0.1) is 11.3 Å². The van der Waals surface area contributed by atoms with E-state index in [9.17, 15) is 8.42 Å². The van der Waals surface area contributed by atoms with Crippen LogP contribution in [0.4, 0.5) is 0 Å². The number of sulfonamides is 1. The Morgan fingerprint density at radius 2 is 1.75 bits per heavy atom. The van der Waals surface area contributed by atoms with Gasteiger partial charge in [-0.05, 0) is 35.7 Å². The van der Waals surface area contributed by atoms with E-state index in [0.717, 1.165) is 4.88 Å². The Morgan fingerprint density at radius 1 is 1.00 bits per heavy atom. The standard InChI is InChI=1S/C16H13Cl2NO3S2/c17-14-6-1-7-15(18)16(14)24(20,21)19(10-12-4-2-8-22-12)11-13-5-3-9-23-13/h1-9H,10-11H2. The molecule has 3 rings (SSSR count). The predicted molar refractivity (Wildman–Crippen MR) is 95.9 cm³/mol. The highest BCUT2D eigenvalue weighted by Crippen LogP contribution is 2.33. The lowest BCUT2D eigenvalue weighted by Crippen LogP contribution is -2.30. The van der Waals surface area contributed by atoms with Crippen molar-refractivity contribution in [1.82, 2.24) is 4.31 Å². The normalized spacial score (nSPS) is 12.0. The highest BCUT2D eigenvalue weighted by atomic mass is 35.5. The minimum absolute atomic E-state index is 0.0866. The molecule has 0 saturated carbocycles. The lowest BCUT2D eigenvalue weighted by Gasteiger charge is -2.22. The zero-order valence-corrected chi connectivity index (χ0v) is 15.5. The molecule has 0 aliphatic heterocycles. The second-order valence-corrected chi connectivity index (χ2v) is 8.70. The minimum atomic E-state index is -3.90. The van der Waals surface area contributed by atoms with Gasteiger partial charge in [0.2, 0.25) is 10.0 Å². The average molecular weight is 402 g/mol. The third-order valence-electron chi connectivity index (χ3n) is 3.34. The molecule has 0 unspecified atom stereocenters. The summed E-state index contributed by atoms with van der Waals surface area (Å²) in [4.78, 5) is 0.824. The van der Waals surface area contributed by atoms with E-state index in [0.29, 0.717) is 5.76 Å². The fourth-order valence-corrected chi connectivity index (χ4v) is 5.51. The van der Waals surface area contributed by atoms with Crippen LogP contribution in [0.1, 0.15) is 10.6 Å². The third-order valence-corrected chi connectivity index (χ3v) is 6.95. The van der Waals surface area contributed by atoms with E-state index in [1.54, 1.807) is 18.2 Å². The molecular formula is C16H13Cl2NO3S2. The Kier molecular flexibility index (Phi) is 5.32. The van der Waals surface area contributed by atoms with Crippen LogP contribution in [0.3, 0.4) is 0 Å². The highest BCUT2D eigenvalue weighted by molar-refractivity contribution is 7.89. The largest absolute Gasteiger partial charge is 0.468 e. The highest BCUT2D eigenvalue weighted by Gasteiger charge is 2.30. The molecule has 8 heteroatoms. The fraction of sp³-hybridized carbons (Fsp3) is 0.125. The number of hydrogen-bond acceptors (Lipinski definition) is 4. The Labute approximate surface area is 154 Å². The summed E-state index contributed by atoms with van der Waals surface area (Å²) in [6.07, 6.45) is 1.51. The summed E-state index contributed by atoms with van der Waals surface area (Å²) >= 11 is 13.7. The van der Waals surface area contributed by atoms with Gasteiger partial charge >= 0.3 is 0 Å². The molecule has 0 bridgehead atoms. The van der Waals surface area contributed by atoms with Crippen LogP contribution < -0.4 is 0 Å². The van der Waals surface area contributed by atoms with Gasteiger partial charge in [-0.3, -0.25) is 0 Å². The molecule has 4 nitrogen and oxygen atoms in total. The molecule has 0 aliphatic carbocycles. The van der Waals surface area contributed by atoms with Crippen LogP contribution in [0.25, 0.3) is 0 Å². The molecule has 0 aliphatic rings. The monoisotopic (exact) mass is 401 g/mol. The molecule has 0 N–H and O–H groups in total. The van der Waals surface area contributed by atoms with E-state index >= 15 is 0 Å². The number of thiophene rings is 1. The number of nitrogens with zero attached hydrogens (tertiary/aromatic N) is 1. The Balaban J connectivity index is 2.02. The van der Waals surface area contributed by atoms with Crippen LogP contribution in [0, 0.1) is 0 Å². The van der Waals surface area contributed by atoms with Gasteiger partial charge in [0.25, 0.3) is 0 Å². The summed E-state index contributed by atoms with van der Waals surface area (Å²) in [7, 11) is -3.90. The van der Waals surface area contributed by atoms with Gasteiger partial charge in [0, 0.05) is 11.4 Å². The van der Waals surface area contributed by atoms with Crippen molar-refractivity contribution in [1.29, 1.82) is 0 Å². The van der Waals surface area contributed by atoms with Gasteiger partial charge in [-0.25, -0.2) is 8.42 Å². The first kappa shape index (κ1) is 17.5. The second kappa shape index (κ2) is 7.29. The summed E-state index contributed by atoms with van der Waals surface area (Å²) in [6.45, 7) is 0.303. The second-order valence-electron chi connectivity index (χ2n) is 4.98. The topological polar surface area (TPSA) is 50.5 Å². The Morgan fingerprint density at radius 3 is 2.33 bits per heavy atom. The van der Waals surface area contributed by atoms with Crippen LogP contribution in [-0.4, -0.2) is 12.7 Å². The first-order valence-electron chi connectivity index (χ1n) is 6.97. The molecule has 1 aromatic carbocycles. The van der Waals surface area contributed by atoms with Crippen LogP contribution in [0.5, 0.6) is 0 Å². The maximum atomic E-state index is 13.1. The number of rotatable bonds is 6.